The van der Waals surface area contributed by atoms with Gasteiger partial charge in [-0.05, 0) is 46.3 Å². The molecule has 3 nitrogen and oxygen atoms in total. The summed E-state index contributed by atoms with van der Waals surface area (Å²) in [5, 5.41) is 1.11. The molecule has 1 aromatic heterocycles. The van der Waals surface area contributed by atoms with Gasteiger partial charge in [0, 0.05) is 17.5 Å². The Hall–Kier alpha value is -1.29. The van der Waals surface area contributed by atoms with Gasteiger partial charge in [-0.1, -0.05) is 0 Å². The van der Waals surface area contributed by atoms with Crippen LogP contribution in [0.25, 0.3) is 10.9 Å². The monoisotopic (exact) mass is 293 g/mol. The molecule has 3 rings (SSSR count). The molecule has 1 aliphatic rings. The minimum absolute atomic E-state index is 0.0382. The van der Waals surface area contributed by atoms with Crippen LogP contribution in [0.5, 0.6) is 5.75 Å². The van der Waals surface area contributed by atoms with E-state index in [2.05, 4.69) is 20.9 Å². The highest BCUT2D eigenvalue weighted by Crippen LogP contribution is 2.43. The summed E-state index contributed by atoms with van der Waals surface area (Å²) in [6, 6.07) is 5.61. The van der Waals surface area contributed by atoms with Gasteiger partial charge in [0.1, 0.15) is 5.75 Å². The Morgan fingerprint density at radius 3 is 2.76 bits per heavy atom. The zero-order valence-corrected chi connectivity index (χ0v) is 11.0. The van der Waals surface area contributed by atoms with E-state index in [1.54, 1.807) is 13.2 Å². The highest BCUT2D eigenvalue weighted by Gasteiger charge is 2.26. The van der Waals surface area contributed by atoms with Crippen molar-refractivity contribution in [3.8, 4) is 5.75 Å². The summed E-state index contributed by atoms with van der Waals surface area (Å²) in [6.45, 7) is 0. The molecule has 1 aliphatic carbocycles. The Morgan fingerprint density at radius 1 is 1.35 bits per heavy atom. The predicted octanol–water partition coefficient (Wildman–Crippen LogP) is 3.18. The molecule has 0 unspecified atom stereocenters. The van der Waals surface area contributed by atoms with Crippen molar-refractivity contribution < 1.29 is 4.74 Å². The quantitative estimate of drug-likeness (QED) is 0.924. The van der Waals surface area contributed by atoms with E-state index in [1.807, 2.05) is 12.1 Å². The largest absolute Gasteiger partial charge is 0.495 e. The van der Waals surface area contributed by atoms with E-state index in [-0.39, 0.29) is 5.56 Å². The second kappa shape index (κ2) is 3.88. The van der Waals surface area contributed by atoms with Gasteiger partial charge in [-0.15, -0.1) is 0 Å². The first-order valence-corrected chi connectivity index (χ1v) is 6.39. The SMILES string of the molecule is COc1cc2[nH]c(=O)cc(C3CC3)c2cc1Br. The first-order chi connectivity index (χ1) is 8.19. The van der Waals surface area contributed by atoms with E-state index < -0.39 is 0 Å². The average Bonchev–Trinajstić information content (AvgIpc) is 3.12. The molecule has 0 amide bonds. The molecule has 0 atom stereocenters. The first-order valence-electron chi connectivity index (χ1n) is 5.59. The van der Waals surface area contributed by atoms with Gasteiger partial charge in [-0.25, -0.2) is 0 Å². The van der Waals surface area contributed by atoms with Gasteiger partial charge in [0.2, 0.25) is 5.56 Å². The Bertz CT molecular complexity index is 644. The molecule has 0 bridgehead atoms. The molecular formula is C13H12BrNO2. The van der Waals surface area contributed by atoms with Crippen molar-refractivity contribution in [3.05, 3.63) is 38.6 Å². The van der Waals surface area contributed by atoms with Crippen LogP contribution in [0.1, 0.15) is 24.3 Å². The minimum Gasteiger partial charge on any atom is -0.495 e. The molecule has 0 saturated heterocycles. The number of hydrogen-bond donors (Lipinski definition) is 1. The van der Waals surface area contributed by atoms with Gasteiger partial charge in [0.05, 0.1) is 17.1 Å². The number of nitrogens with one attached hydrogen (secondary N) is 1. The third-order valence-corrected chi connectivity index (χ3v) is 3.78. The summed E-state index contributed by atoms with van der Waals surface area (Å²) in [6.07, 6.45) is 2.37. The van der Waals surface area contributed by atoms with Crippen LogP contribution in [-0.4, -0.2) is 12.1 Å². The highest BCUT2D eigenvalue weighted by molar-refractivity contribution is 9.10. The lowest BCUT2D eigenvalue weighted by Crippen LogP contribution is -2.06. The van der Waals surface area contributed by atoms with Gasteiger partial charge in [-0.3, -0.25) is 4.79 Å². The molecule has 0 radical (unpaired) electrons. The smallest absolute Gasteiger partial charge is 0.248 e. The maximum Gasteiger partial charge on any atom is 0.248 e. The Morgan fingerprint density at radius 2 is 2.12 bits per heavy atom. The number of H-pyrrole nitrogens is 1. The fraction of sp³-hybridized carbons (Fsp3) is 0.308. The second-order valence-electron chi connectivity index (χ2n) is 4.40. The maximum absolute atomic E-state index is 11.6. The first kappa shape index (κ1) is 10.8. The molecule has 0 spiro atoms. The molecule has 88 valence electrons. The number of methoxy groups -OCH3 is 1. The molecule has 0 aliphatic heterocycles. The third-order valence-electron chi connectivity index (χ3n) is 3.16. The van der Waals surface area contributed by atoms with Crippen LogP contribution in [0, 0.1) is 0 Å². The molecular weight excluding hydrogens is 282 g/mol. The topological polar surface area (TPSA) is 42.1 Å². The summed E-state index contributed by atoms with van der Waals surface area (Å²) in [4.78, 5) is 14.5. The van der Waals surface area contributed by atoms with Crippen molar-refractivity contribution in [2.24, 2.45) is 0 Å². The standard InChI is InChI=1S/C13H12BrNO2/c1-17-12-6-11-9(4-10(12)14)8(7-2-3-7)5-13(16)15-11/h4-7H,2-3H2,1H3,(H,15,16). The van der Waals surface area contributed by atoms with Crippen molar-refractivity contribution in [1.82, 2.24) is 4.98 Å². The van der Waals surface area contributed by atoms with E-state index in [1.165, 1.54) is 12.8 Å². The number of halogens is 1. The van der Waals surface area contributed by atoms with Crippen LogP contribution < -0.4 is 10.3 Å². The fourth-order valence-electron chi connectivity index (χ4n) is 2.17. The summed E-state index contributed by atoms with van der Waals surface area (Å²) in [5.41, 5.74) is 1.97. The number of pyridine rings is 1. The lowest BCUT2D eigenvalue weighted by molar-refractivity contribution is 0.412. The molecule has 1 fully saturated rings. The number of hydrogen-bond acceptors (Lipinski definition) is 2. The highest BCUT2D eigenvalue weighted by atomic mass is 79.9. The minimum atomic E-state index is -0.0382. The molecule has 17 heavy (non-hydrogen) atoms. The van der Waals surface area contributed by atoms with Gasteiger partial charge in [-0.2, -0.15) is 0 Å². The van der Waals surface area contributed by atoms with Crippen LogP contribution in [-0.2, 0) is 0 Å². The lowest BCUT2D eigenvalue weighted by Gasteiger charge is -2.08. The van der Waals surface area contributed by atoms with Crippen LogP contribution >= 0.6 is 15.9 Å². The average molecular weight is 294 g/mol. The molecule has 1 aromatic carbocycles. The molecule has 1 heterocycles. The number of ether oxygens (including phenoxy) is 1. The van der Waals surface area contributed by atoms with Crippen molar-refractivity contribution in [2.45, 2.75) is 18.8 Å². The number of aromatic nitrogens is 1. The number of aromatic amines is 1. The molecule has 1 saturated carbocycles. The number of rotatable bonds is 2. The summed E-state index contributed by atoms with van der Waals surface area (Å²) in [7, 11) is 1.62. The molecule has 4 heteroatoms. The molecule has 1 N–H and O–H groups in total. The normalized spacial score (nSPS) is 15.2. The zero-order chi connectivity index (χ0) is 12.0. The third kappa shape index (κ3) is 1.86. The Kier molecular flexibility index (Phi) is 2.47. The van der Waals surface area contributed by atoms with Crippen molar-refractivity contribution in [1.29, 1.82) is 0 Å². The predicted molar refractivity (Wildman–Crippen MR) is 70.8 cm³/mol. The van der Waals surface area contributed by atoms with Gasteiger partial charge < -0.3 is 9.72 Å². The van der Waals surface area contributed by atoms with Gasteiger partial charge in [0.25, 0.3) is 0 Å². The van der Waals surface area contributed by atoms with E-state index in [4.69, 9.17) is 4.74 Å². The summed E-state index contributed by atoms with van der Waals surface area (Å²) in [5.74, 6) is 1.29. The molecule has 2 aromatic rings. The van der Waals surface area contributed by atoms with E-state index in [0.29, 0.717) is 5.92 Å². The van der Waals surface area contributed by atoms with Crippen LogP contribution in [0.15, 0.2) is 27.5 Å². The van der Waals surface area contributed by atoms with E-state index >= 15 is 0 Å². The number of fused-ring (bicyclic) bond motifs is 1. The lowest BCUT2D eigenvalue weighted by atomic mass is 10.1. The fourth-order valence-corrected chi connectivity index (χ4v) is 2.68. The van der Waals surface area contributed by atoms with Crippen LogP contribution in [0.2, 0.25) is 0 Å². The van der Waals surface area contributed by atoms with E-state index in [9.17, 15) is 4.79 Å². The van der Waals surface area contributed by atoms with Crippen molar-refractivity contribution in [3.63, 3.8) is 0 Å². The summed E-state index contributed by atoms with van der Waals surface area (Å²) < 4.78 is 6.16. The van der Waals surface area contributed by atoms with Gasteiger partial charge >= 0.3 is 0 Å². The maximum atomic E-state index is 11.6. The Balaban J connectivity index is 2.34. The number of benzene rings is 1. The zero-order valence-electron chi connectivity index (χ0n) is 9.42. The van der Waals surface area contributed by atoms with Crippen molar-refractivity contribution in [2.75, 3.05) is 7.11 Å². The van der Waals surface area contributed by atoms with Crippen LogP contribution in [0.4, 0.5) is 0 Å². The van der Waals surface area contributed by atoms with Gasteiger partial charge in [0.15, 0.2) is 0 Å². The second-order valence-corrected chi connectivity index (χ2v) is 5.25. The van der Waals surface area contributed by atoms with Crippen LogP contribution in [0.3, 0.4) is 0 Å². The summed E-state index contributed by atoms with van der Waals surface area (Å²) >= 11 is 3.48. The van der Waals surface area contributed by atoms with E-state index in [0.717, 1.165) is 26.7 Å². The Labute approximate surface area is 107 Å². The van der Waals surface area contributed by atoms with Crippen molar-refractivity contribution >= 4 is 26.8 Å².